The number of hydrogen-bond donors (Lipinski definition) is 2. The van der Waals surface area contributed by atoms with Crippen LogP contribution in [0.2, 0.25) is 0 Å². The second kappa shape index (κ2) is 10.4. The fourth-order valence-electron chi connectivity index (χ4n) is 1.75. The molecule has 1 amide bonds. The minimum absolute atomic E-state index is 0.0537. The highest BCUT2D eigenvalue weighted by Gasteiger charge is 2.01. The molecule has 0 aliphatic carbocycles. The van der Waals surface area contributed by atoms with Crippen LogP contribution in [0.15, 0.2) is 30.3 Å². The Balaban J connectivity index is 2.47. The largest absolute Gasteiger partial charge is 0.493 e. The van der Waals surface area contributed by atoms with Gasteiger partial charge in [-0.2, -0.15) is 0 Å². The van der Waals surface area contributed by atoms with Gasteiger partial charge in [0.2, 0.25) is 5.91 Å². The van der Waals surface area contributed by atoms with E-state index in [1.165, 1.54) is 6.08 Å². The van der Waals surface area contributed by atoms with Crippen LogP contribution in [0.4, 0.5) is 0 Å². The Hall–Kier alpha value is -2.30. The van der Waals surface area contributed by atoms with E-state index < -0.39 is 5.97 Å². The number of carbonyl (C=O) groups excluding carboxylic acids is 1. The van der Waals surface area contributed by atoms with Crippen LogP contribution in [0, 0.1) is 0 Å². The first kappa shape index (κ1) is 17.8. The normalized spacial score (nSPS) is 10.6. The lowest BCUT2D eigenvalue weighted by Gasteiger charge is -2.08. The highest BCUT2D eigenvalue weighted by molar-refractivity contribution is 5.92. The number of carboxylic acid groups (broad SMARTS) is 1. The zero-order valence-electron chi connectivity index (χ0n) is 12.9. The zero-order valence-corrected chi connectivity index (χ0v) is 12.9. The molecule has 0 aromatic heterocycles. The van der Waals surface area contributed by atoms with Gasteiger partial charge >= 0.3 is 5.97 Å². The number of hydrogen-bond acceptors (Lipinski definition) is 3. The van der Waals surface area contributed by atoms with E-state index in [9.17, 15) is 9.59 Å². The molecule has 22 heavy (non-hydrogen) atoms. The number of ether oxygens (including phenoxy) is 1. The van der Waals surface area contributed by atoms with Crippen molar-refractivity contribution in [3.8, 4) is 5.75 Å². The van der Waals surface area contributed by atoms with Crippen LogP contribution in [0.25, 0.3) is 6.08 Å². The van der Waals surface area contributed by atoms with Crippen LogP contribution < -0.4 is 10.1 Å². The minimum Gasteiger partial charge on any atom is -0.493 e. The molecule has 0 atom stereocenters. The van der Waals surface area contributed by atoms with Crippen molar-refractivity contribution < 1.29 is 19.4 Å². The van der Waals surface area contributed by atoms with E-state index in [2.05, 4.69) is 12.2 Å². The Labute approximate surface area is 131 Å². The highest BCUT2D eigenvalue weighted by atomic mass is 16.5. The molecule has 0 bridgehead atoms. The van der Waals surface area contributed by atoms with Crippen molar-refractivity contribution >= 4 is 18.0 Å². The summed E-state index contributed by atoms with van der Waals surface area (Å²) in [5.41, 5.74) is 0.847. The molecule has 0 fully saturated rings. The van der Waals surface area contributed by atoms with Crippen LogP contribution in [-0.2, 0) is 9.59 Å². The van der Waals surface area contributed by atoms with Gasteiger partial charge in [0, 0.05) is 24.6 Å². The third-order valence-corrected chi connectivity index (χ3v) is 2.96. The van der Waals surface area contributed by atoms with Gasteiger partial charge in [-0.1, -0.05) is 31.5 Å². The summed E-state index contributed by atoms with van der Waals surface area (Å²) in [5.74, 6) is -0.345. The molecule has 1 aromatic carbocycles. The summed E-state index contributed by atoms with van der Waals surface area (Å²) >= 11 is 0. The van der Waals surface area contributed by atoms with Crippen molar-refractivity contribution in [1.82, 2.24) is 5.32 Å². The fraction of sp³-hybridized carbons (Fsp3) is 0.412. The molecule has 0 saturated carbocycles. The number of unbranched alkanes of at least 4 members (excludes halogenated alkanes) is 1. The lowest BCUT2D eigenvalue weighted by Crippen LogP contribution is -2.22. The number of aliphatic carboxylic acids is 1. The SMILES string of the molecule is CCCCOc1ccccc1C=CC(=O)NCCCC(=O)O. The average molecular weight is 305 g/mol. The molecule has 0 radical (unpaired) electrons. The van der Waals surface area contributed by atoms with E-state index in [-0.39, 0.29) is 12.3 Å². The number of rotatable bonds is 10. The molecule has 5 nitrogen and oxygen atoms in total. The first-order chi connectivity index (χ1) is 10.6. The van der Waals surface area contributed by atoms with E-state index >= 15 is 0 Å². The molecule has 0 aliphatic heterocycles. The van der Waals surface area contributed by atoms with E-state index in [1.807, 2.05) is 24.3 Å². The van der Waals surface area contributed by atoms with E-state index in [0.29, 0.717) is 19.6 Å². The van der Waals surface area contributed by atoms with Gasteiger partial charge in [-0.05, 0) is 25.0 Å². The molecular weight excluding hydrogens is 282 g/mol. The molecule has 0 saturated heterocycles. The Morgan fingerprint density at radius 3 is 2.77 bits per heavy atom. The average Bonchev–Trinajstić information content (AvgIpc) is 2.50. The van der Waals surface area contributed by atoms with Crippen molar-refractivity contribution in [3.63, 3.8) is 0 Å². The second-order valence-electron chi connectivity index (χ2n) is 4.86. The van der Waals surface area contributed by atoms with Gasteiger partial charge in [0.25, 0.3) is 0 Å². The van der Waals surface area contributed by atoms with Crippen molar-refractivity contribution in [3.05, 3.63) is 35.9 Å². The summed E-state index contributed by atoms with van der Waals surface area (Å²) in [5, 5.41) is 11.2. The maximum atomic E-state index is 11.6. The number of para-hydroxylation sites is 1. The topological polar surface area (TPSA) is 75.6 Å². The van der Waals surface area contributed by atoms with Crippen LogP contribution >= 0.6 is 0 Å². The Bertz CT molecular complexity index is 511. The van der Waals surface area contributed by atoms with E-state index in [4.69, 9.17) is 9.84 Å². The van der Waals surface area contributed by atoms with Crippen LogP contribution in [0.1, 0.15) is 38.2 Å². The van der Waals surface area contributed by atoms with Crippen LogP contribution in [-0.4, -0.2) is 30.1 Å². The molecule has 0 heterocycles. The van der Waals surface area contributed by atoms with E-state index in [0.717, 1.165) is 24.2 Å². The predicted octanol–water partition coefficient (Wildman–Crippen LogP) is 2.86. The Morgan fingerprint density at radius 2 is 2.05 bits per heavy atom. The lowest BCUT2D eigenvalue weighted by molar-refractivity contribution is -0.137. The van der Waals surface area contributed by atoms with Gasteiger partial charge in [-0.15, -0.1) is 0 Å². The first-order valence-electron chi connectivity index (χ1n) is 7.53. The minimum atomic E-state index is -0.858. The number of benzene rings is 1. The summed E-state index contributed by atoms with van der Waals surface area (Å²) < 4.78 is 5.69. The Kier molecular flexibility index (Phi) is 8.42. The third kappa shape index (κ3) is 7.47. The molecule has 5 heteroatoms. The molecule has 0 unspecified atom stereocenters. The number of carboxylic acids is 1. The van der Waals surface area contributed by atoms with E-state index in [1.54, 1.807) is 6.08 Å². The first-order valence-corrected chi connectivity index (χ1v) is 7.53. The number of carbonyl (C=O) groups is 2. The van der Waals surface area contributed by atoms with Crippen LogP contribution in [0.5, 0.6) is 5.75 Å². The van der Waals surface area contributed by atoms with Crippen molar-refractivity contribution in [2.75, 3.05) is 13.2 Å². The molecular formula is C17H23NO4. The van der Waals surface area contributed by atoms with Gasteiger partial charge in [0.15, 0.2) is 0 Å². The fourth-order valence-corrected chi connectivity index (χ4v) is 1.75. The van der Waals surface area contributed by atoms with Crippen molar-refractivity contribution in [2.45, 2.75) is 32.6 Å². The van der Waals surface area contributed by atoms with Crippen molar-refractivity contribution in [2.24, 2.45) is 0 Å². The highest BCUT2D eigenvalue weighted by Crippen LogP contribution is 2.19. The molecule has 1 rings (SSSR count). The summed E-state index contributed by atoms with van der Waals surface area (Å²) in [6.07, 6.45) is 5.67. The zero-order chi connectivity index (χ0) is 16.2. The van der Waals surface area contributed by atoms with Gasteiger partial charge in [-0.25, -0.2) is 0 Å². The maximum Gasteiger partial charge on any atom is 0.303 e. The second-order valence-corrected chi connectivity index (χ2v) is 4.86. The Morgan fingerprint density at radius 1 is 1.27 bits per heavy atom. The van der Waals surface area contributed by atoms with Gasteiger partial charge < -0.3 is 15.2 Å². The van der Waals surface area contributed by atoms with Crippen molar-refractivity contribution in [1.29, 1.82) is 0 Å². The molecule has 1 aromatic rings. The lowest BCUT2D eigenvalue weighted by atomic mass is 10.2. The molecule has 2 N–H and O–H groups in total. The molecule has 120 valence electrons. The smallest absolute Gasteiger partial charge is 0.303 e. The van der Waals surface area contributed by atoms with Gasteiger partial charge in [0.1, 0.15) is 5.75 Å². The maximum absolute atomic E-state index is 11.6. The predicted molar refractivity (Wildman–Crippen MR) is 85.8 cm³/mol. The standard InChI is InChI=1S/C17H23NO4/c1-2-3-13-22-15-8-5-4-7-14(15)10-11-16(19)18-12-6-9-17(20)21/h4-5,7-8,10-11H,2-3,6,9,12-13H2,1H3,(H,18,19)(H,20,21). The van der Waals surface area contributed by atoms with Gasteiger partial charge in [0.05, 0.1) is 6.61 Å². The molecule has 0 spiro atoms. The number of nitrogens with one attached hydrogen (secondary N) is 1. The van der Waals surface area contributed by atoms with Crippen LogP contribution in [0.3, 0.4) is 0 Å². The quantitative estimate of drug-likeness (QED) is 0.515. The monoisotopic (exact) mass is 305 g/mol. The summed E-state index contributed by atoms with van der Waals surface area (Å²) in [4.78, 5) is 22.0. The molecule has 0 aliphatic rings. The summed E-state index contributed by atoms with van der Waals surface area (Å²) in [6.45, 7) is 3.11. The van der Waals surface area contributed by atoms with Gasteiger partial charge in [-0.3, -0.25) is 9.59 Å². The summed E-state index contributed by atoms with van der Waals surface area (Å²) in [6, 6.07) is 7.54. The summed E-state index contributed by atoms with van der Waals surface area (Å²) in [7, 11) is 0. The third-order valence-electron chi connectivity index (χ3n) is 2.96. The number of amides is 1.